The molecule has 0 bridgehead atoms. The molecule has 11 heteroatoms. The lowest BCUT2D eigenvalue weighted by Gasteiger charge is -2.13. The molecule has 4 aromatic rings. The Morgan fingerprint density at radius 3 is 2.53 bits per heavy atom. The molecule has 2 N–H and O–H groups in total. The first-order valence-electron chi connectivity index (χ1n) is 10.8. The van der Waals surface area contributed by atoms with E-state index in [1.807, 2.05) is 0 Å². The predicted octanol–water partition coefficient (Wildman–Crippen LogP) is 5.57. The van der Waals surface area contributed by atoms with Gasteiger partial charge in [-0.15, -0.1) is 0 Å². The van der Waals surface area contributed by atoms with E-state index in [-0.39, 0.29) is 17.0 Å². The Morgan fingerprint density at radius 1 is 1.08 bits per heavy atom. The van der Waals surface area contributed by atoms with Crippen LogP contribution in [0, 0.1) is 5.82 Å². The number of carbonyl (C=O) groups excluding carboxylic acids is 2. The van der Waals surface area contributed by atoms with E-state index in [0.29, 0.717) is 40.2 Å². The summed E-state index contributed by atoms with van der Waals surface area (Å²) in [5.74, 6) is -2.08. The molecule has 0 saturated heterocycles. The minimum Gasteiger partial charge on any atom is -0.481 e. The minimum atomic E-state index is -4.73. The maximum Gasteiger partial charge on any atom is 0.421 e. The van der Waals surface area contributed by atoms with Gasteiger partial charge in [-0.25, -0.2) is 14.4 Å². The van der Waals surface area contributed by atoms with Gasteiger partial charge in [-0.3, -0.25) is 9.59 Å². The van der Waals surface area contributed by atoms with Gasteiger partial charge in [0.1, 0.15) is 17.0 Å². The SMILES string of the molecule is CCC(=O)c1c[nH]c2ncc(-c3ccc(CC(=O)Nc4cnc(OC)c(C(F)(F)F)c4)c(F)c3)cc12. The van der Waals surface area contributed by atoms with Gasteiger partial charge < -0.3 is 15.0 Å². The number of benzene rings is 1. The molecule has 3 heterocycles. The molecule has 1 aromatic carbocycles. The van der Waals surface area contributed by atoms with Crippen LogP contribution < -0.4 is 10.1 Å². The molecule has 0 saturated carbocycles. The van der Waals surface area contributed by atoms with Crippen molar-refractivity contribution in [3.8, 4) is 17.0 Å². The number of amides is 1. The highest BCUT2D eigenvalue weighted by atomic mass is 19.4. The Balaban J connectivity index is 1.53. The molecule has 3 aromatic heterocycles. The van der Waals surface area contributed by atoms with Crippen molar-refractivity contribution in [3.05, 3.63) is 71.4 Å². The summed E-state index contributed by atoms with van der Waals surface area (Å²) in [4.78, 5) is 35.3. The quantitative estimate of drug-likeness (QED) is 0.256. The molecular weight excluding hydrogens is 480 g/mol. The maximum atomic E-state index is 14.8. The number of halogens is 4. The number of Topliss-reactive ketones (excluding diaryl/α,β-unsaturated/α-hetero) is 1. The smallest absolute Gasteiger partial charge is 0.421 e. The first-order chi connectivity index (χ1) is 17.1. The van der Waals surface area contributed by atoms with Crippen molar-refractivity contribution < 1.29 is 31.9 Å². The Kier molecular flexibility index (Phi) is 6.73. The van der Waals surface area contributed by atoms with Crippen LogP contribution in [0.3, 0.4) is 0 Å². The summed E-state index contributed by atoms with van der Waals surface area (Å²) in [6.07, 6.45) is -0.673. The van der Waals surface area contributed by atoms with E-state index in [1.54, 1.807) is 25.3 Å². The van der Waals surface area contributed by atoms with E-state index in [4.69, 9.17) is 0 Å². The highest BCUT2D eigenvalue weighted by molar-refractivity contribution is 6.07. The molecule has 0 aliphatic carbocycles. The van der Waals surface area contributed by atoms with Crippen molar-refractivity contribution in [3.63, 3.8) is 0 Å². The highest BCUT2D eigenvalue weighted by Gasteiger charge is 2.35. The van der Waals surface area contributed by atoms with Gasteiger partial charge in [-0.1, -0.05) is 19.1 Å². The summed E-state index contributed by atoms with van der Waals surface area (Å²) in [5.41, 5.74) is 0.792. The van der Waals surface area contributed by atoms with E-state index in [1.165, 1.54) is 18.3 Å². The number of aromatic amines is 1. The molecule has 186 valence electrons. The monoisotopic (exact) mass is 500 g/mol. The van der Waals surface area contributed by atoms with Crippen LogP contribution >= 0.6 is 0 Å². The summed E-state index contributed by atoms with van der Waals surface area (Å²) in [6, 6.07) is 6.68. The Bertz CT molecular complexity index is 1460. The molecule has 0 radical (unpaired) electrons. The third-order valence-electron chi connectivity index (χ3n) is 5.52. The van der Waals surface area contributed by atoms with Gasteiger partial charge in [0.2, 0.25) is 11.8 Å². The number of nitrogens with one attached hydrogen (secondary N) is 2. The molecule has 7 nitrogen and oxygen atoms in total. The largest absolute Gasteiger partial charge is 0.481 e. The van der Waals surface area contributed by atoms with Gasteiger partial charge in [-0.05, 0) is 29.3 Å². The molecule has 0 spiro atoms. The number of ether oxygens (including phenoxy) is 1. The van der Waals surface area contributed by atoms with Crippen molar-refractivity contribution >= 4 is 28.4 Å². The lowest BCUT2D eigenvalue weighted by Crippen LogP contribution is -2.17. The van der Waals surface area contributed by atoms with E-state index in [0.717, 1.165) is 13.3 Å². The van der Waals surface area contributed by atoms with E-state index in [9.17, 15) is 27.2 Å². The summed E-state index contributed by atoms with van der Waals surface area (Å²) < 4.78 is 59.0. The lowest BCUT2D eigenvalue weighted by atomic mass is 10.0. The second kappa shape index (κ2) is 9.76. The zero-order valence-electron chi connectivity index (χ0n) is 19.2. The van der Waals surface area contributed by atoms with Crippen LogP contribution in [0.5, 0.6) is 5.88 Å². The van der Waals surface area contributed by atoms with Crippen molar-refractivity contribution in [2.24, 2.45) is 0 Å². The number of fused-ring (bicyclic) bond motifs is 1. The van der Waals surface area contributed by atoms with Crippen LogP contribution in [0.1, 0.15) is 34.8 Å². The number of H-pyrrole nitrogens is 1. The summed E-state index contributed by atoms with van der Waals surface area (Å²) in [6.45, 7) is 1.75. The van der Waals surface area contributed by atoms with Crippen molar-refractivity contribution in [1.29, 1.82) is 0 Å². The second-order valence-electron chi connectivity index (χ2n) is 7.91. The molecule has 1 amide bonds. The van der Waals surface area contributed by atoms with Gasteiger partial charge in [0.25, 0.3) is 0 Å². The third kappa shape index (κ3) is 5.04. The Hall–Kier alpha value is -4.28. The maximum absolute atomic E-state index is 14.8. The molecular formula is C25H20F4N4O3. The molecule has 4 rings (SSSR count). The Labute approximate surface area is 202 Å². The fourth-order valence-corrected chi connectivity index (χ4v) is 3.72. The number of hydrogen-bond acceptors (Lipinski definition) is 5. The molecule has 0 atom stereocenters. The third-order valence-corrected chi connectivity index (χ3v) is 5.52. The average Bonchev–Trinajstić information content (AvgIpc) is 3.27. The molecule has 36 heavy (non-hydrogen) atoms. The van der Waals surface area contributed by atoms with Crippen molar-refractivity contribution in [1.82, 2.24) is 15.0 Å². The van der Waals surface area contributed by atoms with Crippen LogP contribution in [-0.4, -0.2) is 33.8 Å². The van der Waals surface area contributed by atoms with Crippen LogP contribution in [-0.2, 0) is 17.4 Å². The normalized spacial score (nSPS) is 11.5. The number of hydrogen-bond donors (Lipinski definition) is 2. The fourth-order valence-electron chi connectivity index (χ4n) is 3.72. The topological polar surface area (TPSA) is 97.0 Å². The number of ketones is 1. The standard InChI is InChI=1S/C25H20F4N4O3/c1-3-21(34)18-12-31-23-17(18)6-15(10-30-23)13-4-5-14(20(26)7-13)8-22(35)33-16-9-19(25(27,28)29)24(36-2)32-11-16/h4-7,9-12H,3,8H2,1-2H3,(H,30,31)(H,33,35). The molecule has 0 aliphatic heterocycles. The molecule has 0 fully saturated rings. The number of rotatable bonds is 7. The number of pyridine rings is 2. The van der Waals surface area contributed by atoms with Gasteiger partial charge in [0.15, 0.2) is 5.78 Å². The Morgan fingerprint density at radius 2 is 1.86 bits per heavy atom. The van der Waals surface area contributed by atoms with Crippen molar-refractivity contribution in [2.75, 3.05) is 12.4 Å². The predicted molar refractivity (Wildman–Crippen MR) is 124 cm³/mol. The van der Waals surface area contributed by atoms with Gasteiger partial charge in [0, 0.05) is 35.3 Å². The number of methoxy groups -OCH3 is 1. The minimum absolute atomic E-state index is 0.0475. The summed E-state index contributed by atoms with van der Waals surface area (Å²) in [5, 5.41) is 2.92. The summed E-state index contributed by atoms with van der Waals surface area (Å²) >= 11 is 0. The van der Waals surface area contributed by atoms with Gasteiger partial charge >= 0.3 is 6.18 Å². The molecule has 0 unspecified atom stereocenters. The van der Waals surface area contributed by atoms with Crippen LogP contribution in [0.2, 0.25) is 0 Å². The molecule has 0 aliphatic rings. The average molecular weight is 500 g/mol. The van der Waals surface area contributed by atoms with E-state index >= 15 is 0 Å². The van der Waals surface area contributed by atoms with Crippen molar-refractivity contribution in [2.45, 2.75) is 25.9 Å². The first kappa shape index (κ1) is 24.8. The van der Waals surface area contributed by atoms with Crippen LogP contribution in [0.4, 0.5) is 23.2 Å². The zero-order valence-corrected chi connectivity index (χ0v) is 19.2. The number of aromatic nitrogens is 3. The zero-order chi connectivity index (χ0) is 26.0. The van der Waals surface area contributed by atoms with Crippen LogP contribution in [0.25, 0.3) is 22.2 Å². The van der Waals surface area contributed by atoms with Gasteiger partial charge in [-0.2, -0.15) is 13.2 Å². The van der Waals surface area contributed by atoms with Gasteiger partial charge in [0.05, 0.1) is 25.4 Å². The first-order valence-corrected chi connectivity index (χ1v) is 10.8. The number of alkyl halides is 3. The number of carbonyl (C=O) groups is 2. The van der Waals surface area contributed by atoms with E-state index < -0.39 is 35.8 Å². The number of anilines is 1. The second-order valence-corrected chi connectivity index (χ2v) is 7.91. The highest BCUT2D eigenvalue weighted by Crippen LogP contribution is 2.36. The van der Waals surface area contributed by atoms with Crippen LogP contribution in [0.15, 0.2) is 48.9 Å². The fraction of sp³-hybridized carbons (Fsp3) is 0.200. The van der Waals surface area contributed by atoms with E-state index in [2.05, 4.69) is 25.0 Å². The number of nitrogens with zero attached hydrogens (tertiary/aromatic N) is 2. The summed E-state index contributed by atoms with van der Waals surface area (Å²) in [7, 11) is 1.05. The lowest BCUT2D eigenvalue weighted by molar-refractivity contribution is -0.139.